The highest BCUT2D eigenvalue weighted by Crippen LogP contribution is 2.53. The van der Waals surface area contributed by atoms with Crippen LogP contribution in [0.4, 0.5) is 0 Å². The Balaban J connectivity index is 1.76. The second kappa shape index (κ2) is 14.0. The minimum atomic E-state index is -2.12. The second-order valence-corrected chi connectivity index (χ2v) is 15.1. The van der Waals surface area contributed by atoms with Gasteiger partial charge in [-0.1, -0.05) is 12.1 Å². The van der Waals surface area contributed by atoms with Gasteiger partial charge in [0, 0.05) is 47.0 Å². The molecule has 2 unspecified atom stereocenters. The molecule has 4 atom stereocenters. The summed E-state index contributed by atoms with van der Waals surface area (Å²) in [7, 11) is 1.33. The van der Waals surface area contributed by atoms with Gasteiger partial charge in [-0.25, -0.2) is 0 Å². The number of nitrogens with zero attached hydrogens (tertiary/aromatic N) is 1. The van der Waals surface area contributed by atoms with Crippen LogP contribution in [0.15, 0.2) is 18.2 Å². The first-order valence-corrected chi connectivity index (χ1v) is 17.1. The highest BCUT2D eigenvalue weighted by Gasteiger charge is 2.51. The summed E-state index contributed by atoms with van der Waals surface area (Å²) in [6.45, 7) is 9.60. The van der Waals surface area contributed by atoms with Crippen molar-refractivity contribution in [2.24, 2.45) is 11.7 Å². The molecule has 5 rings (SSSR count). The van der Waals surface area contributed by atoms with Crippen molar-refractivity contribution in [2.45, 2.75) is 109 Å². The van der Waals surface area contributed by atoms with E-state index in [-0.39, 0.29) is 66.2 Å². The summed E-state index contributed by atoms with van der Waals surface area (Å²) < 4.78 is 23.7. The fourth-order valence-corrected chi connectivity index (χ4v) is 7.81. The van der Waals surface area contributed by atoms with E-state index in [1.54, 1.807) is 34.6 Å². The maximum Gasteiger partial charge on any atom is 0.314 e. The number of benzene rings is 2. The fourth-order valence-electron chi connectivity index (χ4n) is 7.81. The number of Topliss-reactive ketones (excluding diaryl/α,β-unsaturated/α-hetero) is 1. The summed E-state index contributed by atoms with van der Waals surface area (Å²) in [5, 5.41) is 45.6. The Bertz CT molecular complexity index is 1740. The lowest BCUT2D eigenvalue weighted by molar-refractivity contribution is -0.251. The first-order chi connectivity index (χ1) is 23.8. The molecule has 6 N–H and O–H groups in total. The Morgan fingerprint density at radius 2 is 1.69 bits per heavy atom. The molecule has 1 saturated heterocycles. The molecule has 14 nitrogen and oxygen atoms in total. The minimum absolute atomic E-state index is 0.0563. The van der Waals surface area contributed by atoms with Gasteiger partial charge in [-0.05, 0) is 67.0 Å². The van der Waals surface area contributed by atoms with Crippen LogP contribution in [0.1, 0.15) is 116 Å². The van der Waals surface area contributed by atoms with Gasteiger partial charge in [0.2, 0.25) is 5.78 Å². The molecule has 1 fully saturated rings. The lowest BCUT2D eigenvalue weighted by Gasteiger charge is -2.50. The van der Waals surface area contributed by atoms with E-state index >= 15 is 0 Å². The molecular formula is C37H48N2O12. The lowest BCUT2D eigenvalue weighted by Crippen LogP contribution is -2.60. The molecule has 0 spiro atoms. The van der Waals surface area contributed by atoms with Gasteiger partial charge in [0.15, 0.2) is 17.9 Å². The molecule has 1 heterocycles. The largest absolute Gasteiger partial charge is 0.507 e. The minimum Gasteiger partial charge on any atom is -0.507 e. The number of carbonyl (C=O) groups excluding carboxylic acids is 4. The molecule has 3 aliphatic rings. The van der Waals surface area contributed by atoms with E-state index in [9.17, 15) is 39.7 Å². The number of phenols is 1. The van der Waals surface area contributed by atoms with Gasteiger partial charge in [-0.3, -0.25) is 19.2 Å². The van der Waals surface area contributed by atoms with Gasteiger partial charge in [-0.15, -0.1) is 0 Å². The summed E-state index contributed by atoms with van der Waals surface area (Å²) in [6, 6.07) is 4.44. The molecule has 0 amide bonds. The number of esters is 1. The fraction of sp³-hybridized carbons (Fsp3) is 0.568. The van der Waals surface area contributed by atoms with Crippen LogP contribution >= 0.6 is 0 Å². The van der Waals surface area contributed by atoms with Crippen molar-refractivity contribution in [3.05, 3.63) is 51.6 Å². The summed E-state index contributed by atoms with van der Waals surface area (Å²) in [5.74, 6) is -4.70. The van der Waals surface area contributed by atoms with Gasteiger partial charge in [0.05, 0.1) is 48.5 Å². The zero-order valence-corrected chi connectivity index (χ0v) is 30.1. The zero-order chi connectivity index (χ0) is 37.8. The van der Waals surface area contributed by atoms with Crippen molar-refractivity contribution in [3.63, 3.8) is 0 Å². The number of nitrogens with two attached hydrogens (primary N) is 1. The summed E-state index contributed by atoms with van der Waals surface area (Å²) in [4.78, 5) is 56.1. The number of hydroxylamine groups is 2. The maximum absolute atomic E-state index is 14.4. The molecule has 14 heteroatoms. The van der Waals surface area contributed by atoms with Crippen LogP contribution in [0.5, 0.6) is 17.2 Å². The molecule has 0 aromatic heterocycles. The van der Waals surface area contributed by atoms with E-state index in [2.05, 4.69) is 0 Å². The highest BCUT2D eigenvalue weighted by atomic mass is 16.7. The first-order valence-electron chi connectivity index (χ1n) is 17.1. The zero-order valence-electron chi connectivity index (χ0n) is 30.1. The molecular weight excluding hydrogens is 664 g/mol. The standard InChI is InChI=1S/C37H48N2O12/c1-18(17-40)49-25(11-12-38)50-24-16-37(46,19(2)41)15-22-27(24)32(44)28-29(30(42)21-9-8-10-23(48-7)26(21)31(28)43)33(22)51-34(45)20-13-35(3,4)39(47)36(5,6)14-20/h8-10,18,20,24-25,40,44,46-47H,11-17,38H2,1-7H3/t18?,24-,25?,37-/m0/s1. The van der Waals surface area contributed by atoms with Crippen LogP contribution in [0.3, 0.4) is 0 Å². The highest BCUT2D eigenvalue weighted by molar-refractivity contribution is 6.31. The molecule has 1 aliphatic heterocycles. The van der Waals surface area contributed by atoms with Crippen molar-refractivity contribution < 1.29 is 58.7 Å². The molecule has 278 valence electrons. The van der Waals surface area contributed by atoms with Crippen molar-refractivity contribution in [1.29, 1.82) is 0 Å². The number of aliphatic hydroxyl groups is 2. The normalized spacial score (nSPS) is 23.9. The van der Waals surface area contributed by atoms with Gasteiger partial charge in [0.25, 0.3) is 0 Å². The number of piperidine rings is 1. The maximum atomic E-state index is 14.4. The number of rotatable bonds is 11. The van der Waals surface area contributed by atoms with Crippen LogP contribution in [-0.2, 0) is 25.5 Å². The molecule has 51 heavy (non-hydrogen) atoms. The van der Waals surface area contributed by atoms with E-state index < -0.39 is 94.1 Å². The van der Waals surface area contributed by atoms with Crippen LogP contribution in [0.25, 0.3) is 0 Å². The Kier molecular flexibility index (Phi) is 10.6. The van der Waals surface area contributed by atoms with E-state index in [1.165, 1.54) is 37.3 Å². The number of aromatic hydroxyl groups is 1. The number of carbonyl (C=O) groups is 4. The summed E-state index contributed by atoms with van der Waals surface area (Å²) in [5.41, 5.74) is 0.853. The SMILES string of the molecule is COc1cccc2c1C(=O)c1c(O)c3c(c(OC(=O)C4CC(C)(C)N(O)C(C)(C)C4)c1C2=O)C[C@@](O)(C(C)=O)C[C@@H]3OC(CCN)OC(C)CO. The van der Waals surface area contributed by atoms with Crippen molar-refractivity contribution in [1.82, 2.24) is 5.06 Å². The number of ether oxygens (including phenoxy) is 4. The van der Waals surface area contributed by atoms with Crippen LogP contribution in [-0.4, -0.2) is 98.2 Å². The summed E-state index contributed by atoms with van der Waals surface area (Å²) >= 11 is 0. The Morgan fingerprint density at radius 3 is 2.25 bits per heavy atom. The van der Waals surface area contributed by atoms with E-state index in [4.69, 9.17) is 24.7 Å². The average Bonchev–Trinajstić information content (AvgIpc) is 3.06. The molecule has 0 saturated carbocycles. The molecule has 0 radical (unpaired) electrons. The van der Waals surface area contributed by atoms with Gasteiger partial charge in [-0.2, -0.15) is 5.06 Å². The Morgan fingerprint density at radius 1 is 1.04 bits per heavy atom. The van der Waals surface area contributed by atoms with E-state index in [0.29, 0.717) is 0 Å². The topological polar surface area (TPSA) is 215 Å². The van der Waals surface area contributed by atoms with Crippen molar-refractivity contribution in [3.8, 4) is 17.2 Å². The van der Waals surface area contributed by atoms with Gasteiger partial charge >= 0.3 is 5.97 Å². The third-order valence-electron chi connectivity index (χ3n) is 10.2. The molecule has 2 aromatic rings. The van der Waals surface area contributed by atoms with Gasteiger partial charge < -0.3 is 45.2 Å². The number of aliphatic hydroxyl groups excluding tert-OH is 1. The quantitative estimate of drug-likeness (QED) is 0.110. The van der Waals surface area contributed by atoms with Crippen LogP contribution in [0, 0.1) is 5.92 Å². The van der Waals surface area contributed by atoms with Gasteiger partial charge in [0.1, 0.15) is 22.8 Å². The van der Waals surface area contributed by atoms with Crippen molar-refractivity contribution in [2.75, 3.05) is 20.3 Å². The van der Waals surface area contributed by atoms with Crippen LogP contribution in [0.2, 0.25) is 0 Å². The molecule has 2 aromatic carbocycles. The number of ketones is 3. The number of hydrogen-bond acceptors (Lipinski definition) is 14. The average molecular weight is 713 g/mol. The van der Waals surface area contributed by atoms with E-state index in [1.807, 2.05) is 0 Å². The smallest absolute Gasteiger partial charge is 0.314 e. The molecule has 0 bridgehead atoms. The summed E-state index contributed by atoms with van der Waals surface area (Å²) in [6.07, 6.45) is -3.58. The number of fused-ring (bicyclic) bond motifs is 3. The third kappa shape index (κ3) is 6.81. The number of methoxy groups -OCH3 is 1. The Hall–Kier alpha value is -3.76. The predicted octanol–water partition coefficient (Wildman–Crippen LogP) is 3.14. The van der Waals surface area contributed by atoms with Crippen LogP contribution < -0.4 is 15.2 Å². The predicted molar refractivity (Wildman–Crippen MR) is 181 cm³/mol. The number of phenolic OH excluding ortho intramolecular Hbond substituents is 1. The van der Waals surface area contributed by atoms with E-state index in [0.717, 1.165) is 0 Å². The monoisotopic (exact) mass is 712 g/mol. The third-order valence-corrected chi connectivity index (χ3v) is 10.2. The first kappa shape index (κ1) is 38.5. The lowest BCUT2D eigenvalue weighted by atomic mass is 9.72. The second-order valence-electron chi connectivity index (χ2n) is 15.1. The number of hydrogen-bond donors (Lipinski definition) is 5. The Labute approximate surface area is 296 Å². The molecule has 2 aliphatic carbocycles. The van der Waals surface area contributed by atoms with Crippen molar-refractivity contribution >= 4 is 23.3 Å².